The molecule has 1 saturated heterocycles. The van der Waals surface area contributed by atoms with E-state index in [2.05, 4.69) is 15.0 Å². The molecule has 1 aliphatic rings. The summed E-state index contributed by atoms with van der Waals surface area (Å²) in [7, 11) is 1.97. The zero-order valence-electron chi connectivity index (χ0n) is 14.9. The zero-order chi connectivity index (χ0) is 17.6. The van der Waals surface area contributed by atoms with E-state index < -0.39 is 0 Å². The molecule has 0 spiro atoms. The van der Waals surface area contributed by atoms with E-state index in [4.69, 9.17) is 0 Å². The van der Waals surface area contributed by atoms with Gasteiger partial charge in [-0.25, -0.2) is 0 Å². The van der Waals surface area contributed by atoms with Gasteiger partial charge in [-0.15, -0.1) is 0 Å². The minimum absolute atomic E-state index is 0.195. The number of pyridine rings is 1. The number of nitrogens with zero attached hydrogens (tertiary/aromatic N) is 5. The molecule has 25 heavy (non-hydrogen) atoms. The van der Waals surface area contributed by atoms with Gasteiger partial charge in [0.25, 0.3) is 0 Å². The number of hydrogen-bond acceptors (Lipinski definition) is 5. The van der Waals surface area contributed by atoms with E-state index in [9.17, 15) is 4.79 Å². The third-order valence-electron chi connectivity index (χ3n) is 4.62. The maximum Gasteiger partial charge on any atom is 0.236 e. The molecule has 1 amide bonds. The van der Waals surface area contributed by atoms with Crippen molar-refractivity contribution < 1.29 is 4.79 Å². The Morgan fingerprint density at radius 2 is 2.04 bits per heavy atom. The number of likely N-dealkylation sites (tertiary alicyclic amines) is 1. The number of aryl methyl sites for hydroxylation is 1. The summed E-state index contributed by atoms with van der Waals surface area (Å²) in [6, 6.07) is 3.95. The maximum absolute atomic E-state index is 12.5. The van der Waals surface area contributed by atoms with Gasteiger partial charge in [0.05, 0.1) is 17.9 Å². The number of hydrogen-bond donors (Lipinski definition) is 0. The molecule has 0 unspecified atom stereocenters. The summed E-state index contributed by atoms with van der Waals surface area (Å²) >= 11 is 0. The zero-order valence-corrected chi connectivity index (χ0v) is 14.9. The van der Waals surface area contributed by atoms with Gasteiger partial charge in [-0.05, 0) is 38.4 Å². The lowest BCUT2D eigenvalue weighted by molar-refractivity contribution is -0.133. The third kappa shape index (κ3) is 4.82. The first-order valence-electron chi connectivity index (χ1n) is 8.75. The van der Waals surface area contributed by atoms with Gasteiger partial charge >= 0.3 is 0 Å². The highest BCUT2D eigenvalue weighted by molar-refractivity contribution is 5.78. The van der Waals surface area contributed by atoms with Crippen LogP contribution in [-0.4, -0.2) is 57.3 Å². The fraction of sp³-hybridized carbons (Fsp3) is 0.474. The van der Waals surface area contributed by atoms with Gasteiger partial charge in [-0.2, -0.15) is 0 Å². The largest absolute Gasteiger partial charge is 0.342 e. The van der Waals surface area contributed by atoms with Crippen LogP contribution < -0.4 is 0 Å². The molecule has 132 valence electrons. The van der Waals surface area contributed by atoms with Crippen molar-refractivity contribution in [3.05, 3.63) is 53.9 Å². The molecule has 0 aromatic carbocycles. The average Bonchev–Trinajstić information content (AvgIpc) is 2.62. The highest BCUT2D eigenvalue weighted by Gasteiger charge is 2.25. The Balaban J connectivity index is 1.48. The molecule has 3 rings (SSSR count). The number of amides is 1. The van der Waals surface area contributed by atoms with E-state index in [1.807, 2.05) is 48.3 Å². The van der Waals surface area contributed by atoms with E-state index in [-0.39, 0.29) is 5.91 Å². The van der Waals surface area contributed by atoms with Crippen LogP contribution >= 0.6 is 0 Å². The Labute approximate surface area is 148 Å². The summed E-state index contributed by atoms with van der Waals surface area (Å²) in [6.07, 6.45) is 9.15. The summed E-state index contributed by atoms with van der Waals surface area (Å²) in [4.78, 5) is 29.5. The number of carbonyl (C=O) groups is 1. The van der Waals surface area contributed by atoms with E-state index in [1.165, 1.54) is 0 Å². The fourth-order valence-corrected chi connectivity index (χ4v) is 3.29. The van der Waals surface area contributed by atoms with Gasteiger partial charge in [0.1, 0.15) is 0 Å². The Bertz CT molecular complexity index is 698. The van der Waals surface area contributed by atoms with E-state index >= 15 is 0 Å². The molecule has 2 aromatic rings. The second-order valence-electron chi connectivity index (χ2n) is 6.77. The van der Waals surface area contributed by atoms with Crippen LogP contribution in [0.3, 0.4) is 0 Å². The molecule has 0 aliphatic carbocycles. The minimum Gasteiger partial charge on any atom is -0.342 e. The van der Waals surface area contributed by atoms with Crippen LogP contribution in [-0.2, 0) is 11.3 Å². The van der Waals surface area contributed by atoms with E-state index in [0.29, 0.717) is 12.5 Å². The smallest absolute Gasteiger partial charge is 0.236 e. The molecule has 1 aliphatic heterocycles. The Kier molecular flexibility index (Phi) is 5.71. The summed E-state index contributed by atoms with van der Waals surface area (Å²) in [5, 5.41) is 0. The first kappa shape index (κ1) is 17.5. The van der Waals surface area contributed by atoms with Crippen LogP contribution in [0.25, 0.3) is 0 Å². The van der Waals surface area contributed by atoms with Crippen LogP contribution in [0.2, 0.25) is 0 Å². The molecule has 2 aromatic heterocycles. The van der Waals surface area contributed by atoms with Crippen LogP contribution in [0.4, 0.5) is 0 Å². The fourth-order valence-electron chi connectivity index (χ4n) is 3.29. The first-order valence-corrected chi connectivity index (χ1v) is 8.75. The number of piperidine rings is 1. The average molecular weight is 339 g/mol. The molecule has 0 bridgehead atoms. The van der Waals surface area contributed by atoms with E-state index in [0.717, 1.165) is 49.4 Å². The molecule has 6 nitrogen and oxygen atoms in total. The first-order chi connectivity index (χ1) is 12.1. The Morgan fingerprint density at radius 3 is 2.72 bits per heavy atom. The number of rotatable bonds is 5. The maximum atomic E-state index is 12.5. The minimum atomic E-state index is 0.195. The predicted molar refractivity (Wildman–Crippen MR) is 95.9 cm³/mol. The van der Waals surface area contributed by atoms with Gasteiger partial charge in [-0.3, -0.25) is 24.6 Å². The van der Waals surface area contributed by atoms with Gasteiger partial charge in [0.15, 0.2) is 0 Å². The van der Waals surface area contributed by atoms with Crippen molar-refractivity contribution in [1.29, 1.82) is 0 Å². The lowest BCUT2D eigenvalue weighted by Gasteiger charge is -2.32. The predicted octanol–water partition coefficient (Wildman–Crippen LogP) is 2.02. The monoisotopic (exact) mass is 339 g/mol. The van der Waals surface area contributed by atoms with Crippen LogP contribution in [0.1, 0.15) is 35.7 Å². The third-order valence-corrected chi connectivity index (χ3v) is 4.62. The molecular formula is C19H25N5O. The standard InChI is InChI=1S/C19H25N5O/c1-15-10-21-12-18(22-15)17-5-8-24(9-6-17)19(25)14-23(2)13-16-4-3-7-20-11-16/h3-4,7,10-12,17H,5-6,8-9,13-14H2,1-2H3. The van der Waals surface area contributed by atoms with Gasteiger partial charge < -0.3 is 4.90 Å². The van der Waals surface area contributed by atoms with Crippen LogP contribution in [0, 0.1) is 6.92 Å². The second-order valence-corrected chi connectivity index (χ2v) is 6.77. The highest BCUT2D eigenvalue weighted by Crippen LogP contribution is 2.26. The van der Waals surface area contributed by atoms with Gasteiger partial charge in [-0.1, -0.05) is 6.07 Å². The summed E-state index contributed by atoms with van der Waals surface area (Å²) in [5.74, 6) is 0.602. The molecule has 0 saturated carbocycles. The number of likely N-dealkylation sites (N-methyl/N-ethyl adjacent to an activating group) is 1. The number of aromatic nitrogens is 3. The molecule has 3 heterocycles. The summed E-state index contributed by atoms with van der Waals surface area (Å²) in [5.41, 5.74) is 3.13. The molecule has 0 atom stereocenters. The Hall–Kier alpha value is -2.34. The lowest BCUT2D eigenvalue weighted by Crippen LogP contribution is -2.43. The number of carbonyl (C=O) groups excluding carboxylic acids is 1. The lowest BCUT2D eigenvalue weighted by atomic mass is 9.93. The normalized spacial score (nSPS) is 15.6. The van der Waals surface area contributed by atoms with Crippen molar-refractivity contribution in [3.63, 3.8) is 0 Å². The van der Waals surface area contributed by atoms with Crippen LogP contribution in [0.5, 0.6) is 0 Å². The summed E-state index contributed by atoms with van der Waals surface area (Å²) < 4.78 is 0. The topological polar surface area (TPSA) is 62.2 Å². The van der Waals surface area contributed by atoms with Crippen molar-refractivity contribution in [2.75, 3.05) is 26.7 Å². The summed E-state index contributed by atoms with van der Waals surface area (Å²) in [6.45, 7) is 4.71. The quantitative estimate of drug-likeness (QED) is 0.834. The van der Waals surface area contributed by atoms with Crippen molar-refractivity contribution in [3.8, 4) is 0 Å². The highest BCUT2D eigenvalue weighted by atomic mass is 16.2. The molecule has 6 heteroatoms. The second kappa shape index (κ2) is 8.16. The van der Waals surface area contributed by atoms with Crippen LogP contribution in [0.15, 0.2) is 36.9 Å². The molecule has 0 radical (unpaired) electrons. The molecule has 0 N–H and O–H groups in total. The van der Waals surface area contributed by atoms with Crippen molar-refractivity contribution in [2.45, 2.75) is 32.2 Å². The van der Waals surface area contributed by atoms with Crippen molar-refractivity contribution in [1.82, 2.24) is 24.8 Å². The molecule has 1 fully saturated rings. The van der Waals surface area contributed by atoms with E-state index in [1.54, 1.807) is 12.4 Å². The SMILES string of the molecule is Cc1cncc(C2CCN(C(=O)CN(C)Cc3cccnc3)CC2)n1. The Morgan fingerprint density at radius 1 is 1.24 bits per heavy atom. The molecular weight excluding hydrogens is 314 g/mol. The van der Waals surface area contributed by atoms with Gasteiger partial charge in [0.2, 0.25) is 5.91 Å². The van der Waals surface area contributed by atoms with Gasteiger partial charge in [0, 0.05) is 50.3 Å². The van der Waals surface area contributed by atoms with Crippen molar-refractivity contribution in [2.24, 2.45) is 0 Å². The van der Waals surface area contributed by atoms with Crippen molar-refractivity contribution >= 4 is 5.91 Å².